The van der Waals surface area contributed by atoms with Crippen LogP contribution < -0.4 is 0 Å². The number of piperidine rings is 1. The highest BCUT2D eigenvalue weighted by molar-refractivity contribution is 5.83. The van der Waals surface area contributed by atoms with Gasteiger partial charge in [0.15, 0.2) is 0 Å². The maximum atomic E-state index is 4.88. The van der Waals surface area contributed by atoms with E-state index in [9.17, 15) is 0 Å². The standard InChI is InChI=1S/C28H36N2/c1-6-10-23(7-2)20-30-17-14-25(15-18-30)27(26-13-12-21(4)19-22(26)5)28-24(8-3)11-9-16-29-28/h6-7,9-13,16,19H,8,14-15,17-18,20H2,1-5H3/b10-6-,23-7+. The Bertz CT molecular complexity index is 952. The lowest BCUT2D eigenvalue weighted by Gasteiger charge is -2.31. The van der Waals surface area contributed by atoms with Gasteiger partial charge in [0.25, 0.3) is 0 Å². The number of rotatable bonds is 6. The number of nitrogens with zero attached hydrogens (tertiary/aromatic N) is 2. The van der Waals surface area contributed by atoms with Gasteiger partial charge < -0.3 is 0 Å². The lowest BCUT2D eigenvalue weighted by Crippen LogP contribution is -2.32. The van der Waals surface area contributed by atoms with E-state index in [-0.39, 0.29) is 0 Å². The van der Waals surface area contributed by atoms with Gasteiger partial charge in [0.2, 0.25) is 0 Å². The molecule has 1 aromatic heterocycles. The van der Waals surface area contributed by atoms with Crippen LogP contribution in [0.5, 0.6) is 0 Å². The first-order valence-electron chi connectivity index (χ1n) is 11.3. The number of pyridine rings is 1. The first-order chi connectivity index (χ1) is 14.6. The second kappa shape index (κ2) is 10.5. The molecular formula is C28H36N2. The fraction of sp³-hybridized carbons (Fsp3) is 0.393. The molecule has 1 aromatic carbocycles. The van der Waals surface area contributed by atoms with E-state index in [2.05, 4.69) is 88.1 Å². The molecule has 0 spiro atoms. The Kier molecular flexibility index (Phi) is 7.81. The van der Waals surface area contributed by atoms with Crippen LogP contribution in [0.15, 0.2) is 65.9 Å². The summed E-state index contributed by atoms with van der Waals surface area (Å²) in [5.41, 5.74) is 10.9. The Labute approximate surface area is 183 Å². The summed E-state index contributed by atoms with van der Waals surface area (Å²) in [7, 11) is 0. The second-order valence-electron chi connectivity index (χ2n) is 8.30. The van der Waals surface area contributed by atoms with E-state index in [4.69, 9.17) is 4.98 Å². The normalized spacial score (nSPS) is 15.8. The average Bonchev–Trinajstić information content (AvgIpc) is 2.76. The van der Waals surface area contributed by atoms with Gasteiger partial charge in [-0.3, -0.25) is 9.88 Å². The highest BCUT2D eigenvalue weighted by Crippen LogP contribution is 2.35. The van der Waals surface area contributed by atoms with Gasteiger partial charge in [0.05, 0.1) is 5.69 Å². The molecule has 2 heteroatoms. The number of allylic oxidation sites excluding steroid dienone is 2. The summed E-state index contributed by atoms with van der Waals surface area (Å²) in [6, 6.07) is 11.1. The van der Waals surface area contributed by atoms with E-state index in [1.807, 2.05) is 6.20 Å². The second-order valence-corrected chi connectivity index (χ2v) is 8.30. The van der Waals surface area contributed by atoms with Crippen molar-refractivity contribution in [1.29, 1.82) is 0 Å². The molecule has 1 saturated heterocycles. The van der Waals surface area contributed by atoms with Gasteiger partial charge >= 0.3 is 0 Å². The molecule has 0 unspecified atom stereocenters. The molecule has 0 aliphatic carbocycles. The smallest absolute Gasteiger partial charge is 0.0739 e. The zero-order chi connectivity index (χ0) is 21.5. The number of aromatic nitrogens is 1. The molecule has 1 fully saturated rings. The molecule has 0 radical (unpaired) electrons. The number of likely N-dealkylation sites (tertiary alicyclic amines) is 1. The Balaban J connectivity index is 1.98. The molecule has 2 nitrogen and oxygen atoms in total. The molecule has 2 heterocycles. The molecule has 3 rings (SSSR count). The fourth-order valence-corrected chi connectivity index (χ4v) is 4.47. The van der Waals surface area contributed by atoms with Crippen molar-refractivity contribution in [2.24, 2.45) is 0 Å². The maximum Gasteiger partial charge on any atom is 0.0739 e. The Morgan fingerprint density at radius 3 is 2.50 bits per heavy atom. The van der Waals surface area contributed by atoms with E-state index in [0.717, 1.165) is 38.9 Å². The molecular weight excluding hydrogens is 364 g/mol. The van der Waals surface area contributed by atoms with Crippen molar-refractivity contribution >= 4 is 5.57 Å². The van der Waals surface area contributed by atoms with Crippen molar-refractivity contribution in [3.8, 4) is 0 Å². The molecule has 0 bridgehead atoms. The molecule has 0 atom stereocenters. The van der Waals surface area contributed by atoms with E-state index >= 15 is 0 Å². The van der Waals surface area contributed by atoms with Gasteiger partial charge in [-0.25, -0.2) is 0 Å². The van der Waals surface area contributed by atoms with Crippen LogP contribution in [-0.4, -0.2) is 29.5 Å². The molecule has 2 aromatic rings. The summed E-state index contributed by atoms with van der Waals surface area (Å²) in [5, 5.41) is 0. The van der Waals surface area contributed by atoms with Crippen molar-refractivity contribution in [3.63, 3.8) is 0 Å². The first kappa shape index (κ1) is 22.2. The predicted octanol–water partition coefficient (Wildman–Crippen LogP) is 6.68. The highest BCUT2D eigenvalue weighted by atomic mass is 15.1. The highest BCUT2D eigenvalue weighted by Gasteiger charge is 2.22. The minimum Gasteiger partial charge on any atom is -0.298 e. The predicted molar refractivity (Wildman–Crippen MR) is 130 cm³/mol. The van der Waals surface area contributed by atoms with E-state index in [1.54, 1.807) is 5.57 Å². The molecule has 1 aliphatic heterocycles. The van der Waals surface area contributed by atoms with E-state index < -0.39 is 0 Å². The van der Waals surface area contributed by atoms with Gasteiger partial charge in [-0.2, -0.15) is 0 Å². The number of aryl methyl sites for hydroxylation is 3. The molecule has 0 amide bonds. The minimum atomic E-state index is 1.00. The average molecular weight is 401 g/mol. The topological polar surface area (TPSA) is 16.1 Å². The fourth-order valence-electron chi connectivity index (χ4n) is 4.47. The Morgan fingerprint density at radius 2 is 1.87 bits per heavy atom. The summed E-state index contributed by atoms with van der Waals surface area (Å²) >= 11 is 0. The van der Waals surface area contributed by atoms with Crippen LogP contribution in [0, 0.1) is 13.8 Å². The Morgan fingerprint density at radius 1 is 1.10 bits per heavy atom. The van der Waals surface area contributed by atoms with Gasteiger partial charge in [-0.15, -0.1) is 0 Å². The largest absolute Gasteiger partial charge is 0.298 e. The van der Waals surface area contributed by atoms with Crippen molar-refractivity contribution < 1.29 is 0 Å². The first-order valence-corrected chi connectivity index (χ1v) is 11.3. The van der Waals surface area contributed by atoms with Gasteiger partial charge in [0.1, 0.15) is 0 Å². The third kappa shape index (κ3) is 5.17. The van der Waals surface area contributed by atoms with Crippen LogP contribution in [0.25, 0.3) is 5.57 Å². The van der Waals surface area contributed by atoms with Gasteiger partial charge in [0, 0.05) is 31.4 Å². The molecule has 0 N–H and O–H groups in total. The van der Waals surface area contributed by atoms with Crippen LogP contribution in [0.2, 0.25) is 0 Å². The van der Waals surface area contributed by atoms with Gasteiger partial charge in [-0.05, 0) is 75.3 Å². The summed E-state index contributed by atoms with van der Waals surface area (Å²) < 4.78 is 0. The lowest BCUT2D eigenvalue weighted by atomic mass is 9.86. The maximum absolute atomic E-state index is 4.88. The van der Waals surface area contributed by atoms with Crippen molar-refractivity contribution in [3.05, 3.63) is 93.9 Å². The third-order valence-corrected chi connectivity index (χ3v) is 6.13. The molecule has 30 heavy (non-hydrogen) atoms. The van der Waals surface area contributed by atoms with Crippen LogP contribution in [0.3, 0.4) is 0 Å². The van der Waals surface area contributed by atoms with Crippen molar-refractivity contribution in [2.75, 3.05) is 19.6 Å². The zero-order valence-corrected chi connectivity index (χ0v) is 19.3. The van der Waals surface area contributed by atoms with E-state index in [1.165, 1.54) is 39.1 Å². The summed E-state index contributed by atoms with van der Waals surface area (Å²) in [5.74, 6) is 0. The van der Waals surface area contributed by atoms with Crippen LogP contribution in [0.1, 0.15) is 61.6 Å². The monoisotopic (exact) mass is 400 g/mol. The van der Waals surface area contributed by atoms with Crippen molar-refractivity contribution in [1.82, 2.24) is 9.88 Å². The summed E-state index contributed by atoms with van der Waals surface area (Å²) in [6.07, 6.45) is 11.8. The number of hydrogen-bond donors (Lipinski definition) is 0. The van der Waals surface area contributed by atoms with Gasteiger partial charge in [-0.1, -0.05) is 60.6 Å². The molecule has 158 valence electrons. The third-order valence-electron chi connectivity index (χ3n) is 6.13. The van der Waals surface area contributed by atoms with Crippen LogP contribution >= 0.6 is 0 Å². The van der Waals surface area contributed by atoms with Crippen LogP contribution in [-0.2, 0) is 6.42 Å². The summed E-state index contributed by atoms with van der Waals surface area (Å²) in [6.45, 7) is 14.1. The van der Waals surface area contributed by atoms with Crippen LogP contribution in [0.4, 0.5) is 0 Å². The number of hydrogen-bond acceptors (Lipinski definition) is 2. The lowest BCUT2D eigenvalue weighted by molar-refractivity contribution is 0.279. The zero-order valence-electron chi connectivity index (χ0n) is 19.3. The molecule has 0 saturated carbocycles. The number of benzene rings is 1. The SMILES string of the molecule is C/C=C\C(=C/C)CN1CCC(=C(c2ccc(C)cc2C)c2ncccc2CC)CC1. The summed E-state index contributed by atoms with van der Waals surface area (Å²) in [4.78, 5) is 7.46. The minimum absolute atomic E-state index is 1.00. The molecule has 1 aliphatic rings. The van der Waals surface area contributed by atoms with E-state index in [0.29, 0.717) is 0 Å². The Hall–Kier alpha value is -2.45. The quantitative estimate of drug-likeness (QED) is 0.503. The van der Waals surface area contributed by atoms with Crippen molar-refractivity contribution in [2.45, 2.75) is 53.9 Å².